The van der Waals surface area contributed by atoms with Crippen molar-refractivity contribution in [1.29, 1.82) is 0 Å². The molecule has 0 saturated heterocycles. The number of nitrogens with one attached hydrogen (secondary N) is 1. The molecule has 2 rings (SSSR count). The lowest BCUT2D eigenvalue weighted by Gasteiger charge is -2.17. The van der Waals surface area contributed by atoms with Crippen molar-refractivity contribution in [2.75, 3.05) is 0 Å². The van der Waals surface area contributed by atoms with Gasteiger partial charge >= 0.3 is 0 Å². The van der Waals surface area contributed by atoms with Gasteiger partial charge < -0.3 is 0 Å². The second-order valence-corrected chi connectivity index (χ2v) is 4.70. The summed E-state index contributed by atoms with van der Waals surface area (Å²) in [6, 6.07) is 10.5. The summed E-state index contributed by atoms with van der Waals surface area (Å²) in [6.07, 6.45) is 0.608. The van der Waals surface area contributed by atoms with Crippen LogP contribution in [0.25, 0.3) is 0 Å². The Morgan fingerprint density at radius 1 is 1.26 bits per heavy atom. The molecule has 3 nitrogen and oxygen atoms in total. The average Bonchev–Trinajstić information content (AvgIpc) is 2.39. The van der Waals surface area contributed by atoms with E-state index in [0.717, 1.165) is 22.5 Å². The quantitative estimate of drug-likeness (QED) is 0.655. The van der Waals surface area contributed by atoms with Gasteiger partial charge in [0.2, 0.25) is 0 Å². The molecule has 0 fully saturated rings. The van der Waals surface area contributed by atoms with Gasteiger partial charge in [0.1, 0.15) is 5.82 Å². The molecule has 1 aromatic heterocycles. The number of pyridine rings is 1. The number of aromatic nitrogens is 1. The van der Waals surface area contributed by atoms with Crippen LogP contribution in [0.15, 0.2) is 36.4 Å². The molecule has 0 spiro atoms. The molecule has 1 heterocycles. The largest absolute Gasteiger partial charge is 0.271 e. The maximum atomic E-state index is 13.3. The Labute approximate surface area is 112 Å². The Morgan fingerprint density at radius 3 is 2.74 bits per heavy atom. The van der Waals surface area contributed by atoms with Crippen LogP contribution in [-0.4, -0.2) is 4.98 Å². The molecule has 100 valence electrons. The number of rotatable bonds is 4. The number of benzene rings is 1. The van der Waals surface area contributed by atoms with Gasteiger partial charge in [0.25, 0.3) is 0 Å². The van der Waals surface area contributed by atoms with Gasteiger partial charge in [0, 0.05) is 5.69 Å². The third kappa shape index (κ3) is 3.36. The molecule has 3 N–H and O–H groups in total. The predicted octanol–water partition coefficient (Wildman–Crippen LogP) is 2.58. The van der Waals surface area contributed by atoms with Gasteiger partial charge in [0.05, 0.1) is 11.7 Å². The van der Waals surface area contributed by atoms with Crippen molar-refractivity contribution in [2.45, 2.75) is 26.3 Å². The fraction of sp³-hybridized carbons (Fsp3) is 0.267. The summed E-state index contributed by atoms with van der Waals surface area (Å²) in [5, 5.41) is 0. The predicted molar refractivity (Wildman–Crippen MR) is 73.9 cm³/mol. The average molecular weight is 259 g/mol. The summed E-state index contributed by atoms with van der Waals surface area (Å²) in [4.78, 5) is 4.46. The molecule has 2 aromatic rings. The molecule has 0 bridgehead atoms. The maximum absolute atomic E-state index is 13.3. The van der Waals surface area contributed by atoms with Crippen molar-refractivity contribution in [2.24, 2.45) is 5.84 Å². The van der Waals surface area contributed by atoms with Crippen LogP contribution in [-0.2, 0) is 6.42 Å². The van der Waals surface area contributed by atoms with Crippen LogP contribution in [0.2, 0.25) is 0 Å². The lowest BCUT2D eigenvalue weighted by molar-refractivity contribution is 0.533. The monoisotopic (exact) mass is 259 g/mol. The van der Waals surface area contributed by atoms with E-state index in [1.54, 1.807) is 12.1 Å². The highest BCUT2D eigenvalue weighted by Crippen LogP contribution is 2.19. The number of hydrogen-bond acceptors (Lipinski definition) is 3. The van der Waals surface area contributed by atoms with E-state index in [2.05, 4.69) is 10.4 Å². The highest BCUT2D eigenvalue weighted by atomic mass is 19.1. The first-order valence-corrected chi connectivity index (χ1v) is 6.25. The van der Waals surface area contributed by atoms with Gasteiger partial charge in [-0.3, -0.25) is 16.3 Å². The van der Waals surface area contributed by atoms with Crippen molar-refractivity contribution in [3.8, 4) is 0 Å². The van der Waals surface area contributed by atoms with E-state index in [1.165, 1.54) is 6.07 Å². The molecule has 0 aliphatic rings. The zero-order valence-corrected chi connectivity index (χ0v) is 11.2. The first-order valence-electron chi connectivity index (χ1n) is 6.25. The first kappa shape index (κ1) is 13.6. The van der Waals surface area contributed by atoms with Crippen molar-refractivity contribution in [3.63, 3.8) is 0 Å². The van der Waals surface area contributed by atoms with Crippen LogP contribution in [0.1, 0.15) is 28.6 Å². The molecule has 1 unspecified atom stereocenters. The fourth-order valence-electron chi connectivity index (χ4n) is 2.09. The van der Waals surface area contributed by atoms with E-state index < -0.39 is 0 Å². The van der Waals surface area contributed by atoms with E-state index in [0.29, 0.717) is 6.42 Å². The van der Waals surface area contributed by atoms with Crippen LogP contribution in [0.3, 0.4) is 0 Å². The SMILES string of the molecule is Cc1cccc(C(Cc2cc(F)ccc2C)NN)n1. The Kier molecular flexibility index (Phi) is 4.24. The number of hydrogen-bond donors (Lipinski definition) is 2. The van der Waals surface area contributed by atoms with Crippen LogP contribution >= 0.6 is 0 Å². The maximum Gasteiger partial charge on any atom is 0.123 e. The van der Waals surface area contributed by atoms with Gasteiger partial charge in [-0.2, -0.15) is 0 Å². The summed E-state index contributed by atoms with van der Waals surface area (Å²) in [5.74, 6) is 5.38. The number of hydrazine groups is 1. The van der Waals surface area contributed by atoms with Gasteiger partial charge in [-0.1, -0.05) is 12.1 Å². The molecule has 0 aliphatic heterocycles. The smallest absolute Gasteiger partial charge is 0.123 e. The van der Waals surface area contributed by atoms with Crippen LogP contribution in [0.5, 0.6) is 0 Å². The second kappa shape index (κ2) is 5.91. The first-order chi connectivity index (χ1) is 9.10. The third-order valence-corrected chi connectivity index (χ3v) is 3.20. The normalized spacial score (nSPS) is 12.4. The summed E-state index contributed by atoms with van der Waals surface area (Å²) in [7, 11) is 0. The molecular formula is C15H18FN3. The molecule has 1 atom stereocenters. The molecule has 0 saturated carbocycles. The number of nitrogens with two attached hydrogens (primary N) is 1. The number of halogens is 1. The van der Waals surface area contributed by atoms with Gasteiger partial charge in [-0.25, -0.2) is 4.39 Å². The van der Waals surface area contributed by atoms with Crippen molar-refractivity contribution in [3.05, 3.63) is 64.7 Å². The molecule has 0 aliphatic carbocycles. The highest BCUT2D eigenvalue weighted by Gasteiger charge is 2.13. The zero-order valence-electron chi connectivity index (χ0n) is 11.2. The Bertz CT molecular complexity index is 569. The molecular weight excluding hydrogens is 241 g/mol. The fourth-order valence-corrected chi connectivity index (χ4v) is 2.09. The van der Waals surface area contributed by atoms with E-state index in [4.69, 9.17) is 5.84 Å². The van der Waals surface area contributed by atoms with E-state index in [-0.39, 0.29) is 11.9 Å². The topological polar surface area (TPSA) is 50.9 Å². The van der Waals surface area contributed by atoms with Crippen LogP contribution in [0.4, 0.5) is 4.39 Å². The minimum absolute atomic E-state index is 0.125. The minimum Gasteiger partial charge on any atom is -0.271 e. The van der Waals surface area contributed by atoms with E-state index >= 15 is 0 Å². The lowest BCUT2D eigenvalue weighted by Crippen LogP contribution is -2.30. The van der Waals surface area contributed by atoms with E-state index in [1.807, 2.05) is 32.0 Å². The van der Waals surface area contributed by atoms with Gasteiger partial charge in [0.15, 0.2) is 0 Å². The Hall–Kier alpha value is -1.78. The van der Waals surface area contributed by atoms with E-state index in [9.17, 15) is 4.39 Å². The van der Waals surface area contributed by atoms with Crippen molar-refractivity contribution in [1.82, 2.24) is 10.4 Å². The molecule has 19 heavy (non-hydrogen) atoms. The third-order valence-electron chi connectivity index (χ3n) is 3.20. The number of nitrogens with zero attached hydrogens (tertiary/aromatic N) is 1. The minimum atomic E-state index is -0.228. The summed E-state index contributed by atoms with van der Waals surface area (Å²) in [5.41, 5.74) is 6.55. The summed E-state index contributed by atoms with van der Waals surface area (Å²) in [6.45, 7) is 3.90. The van der Waals surface area contributed by atoms with Crippen LogP contribution < -0.4 is 11.3 Å². The molecule has 0 radical (unpaired) electrons. The molecule has 0 amide bonds. The Morgan fingerprint density at radius 2 is 2.05 bits per heavy atom. The highest BCUT2D eigenvalue weighted by molar-refractivity contribution is 5.28. The van der Waals surface area contributed by atoms with Crippen molar-refractivity contribution < 1.29 is 4.39 Å². The summed E-state index contributed by atoms with van der Waals surface area (Å²) >= 11 is 0. The molecule has 4 heteroatoms. The summed E-state index contributed by atoms with van der Waals surface area (Å²) < 4.78 is 13.3. The Balaban J connectivity index is 2.26. The standard InChI is InChI=1S/C15H18FN3/c1-10-6-7-13(16)8-12(10)9-15(19-17)14-5-3-4-11(2)18-14/h3-8,15,19H,9,17H2,1-2H3. The second-order valence-electron chi connectivity index (χ2n) is 4.70. The molecule has 1 aromatic carbocycles. The van der Waals surface area contributed by atoms with Gasteiger partial charge in [-0.05, 0) is 55.7 Å². The van der Waals surface area contributed by atoms with Crippen molar-refractivity contribution >= 4 is 0 Å². The number of aryl methyl sites for hydroxylation is 2. The van der Waals surface area contributed by atoms with Crippen LogP contribution in [0, 0.1) is 19.7 Å². The van der Waals surface area contributed by atoms with Gasteiger partial charge in [-0.15, -0.1) is 0 Å². The zero-order chi connectivity index (χ0) is 13.8. The lowest BCUT2D eigenvalue weighted by atomic mass is 9.99.